The third-order valence-corrected chi connectivity index (χ3v) is 1.71. The molecule has 1 aliphatic rings. The van der Waals surface area contributed by atoms with Gasteiger partial charge in [-0.05, 0) is 25.7 Å². The van der Waals surface area contributed by atoms with Crippen molar-refractivity contribution in [3.05, 3.63) is 6.42 Å². The zero-order chi connectivity index (χ0) is 9.56. The van der Waals surface area contributed by atoms with Crippen LogP contribution in [0.1, 0.15) is 33.1 Å². The van der Waals surface area contributed by atoms with Gasteiger partial charge in [-0.3, -0.25) is 0 Å². The van der Waals surface area contributed by atoms with Crippen LogP contribution >= 0.6 is 0 Å². The van der Waals surface area contributed by atoms with Crippen LogP contribution in [-0.4, -0.2) is 17.2 Å². The molecule has 1 saturated carbocycles. The Bertz CT molecular complexity index is 127. The molecule has 0 saturated heterocycles. The van der Waals surface area contributed by atoms with Gasteiger partial charge in [-0.1, -0.05) is 19.8 Å². The van der Waals surface area contributed by atoms with Gasteiger partial charge in [-0.15, -0.1) is 0 Å². The molecule has 3 nitrogen and oxygen atoms in total. The van der Waals surface area contributed by atoms with Crippen LogP contribution in [0.5, 0.6) is 0 Å². The average Bonchev–Trinajstić information content (AvgIpc) is 1.84. The molecule has 2 radical (unpaired) electrons. The summed E-state index contributed by atoms with van der Waals surface area (Å²) in [7, 11) is 0. The number of aliphatic hydroxyl groups excluding tert-OH is 1. The topological polar surface area (TPSA) is 60.4 Å². The fraction of sp³-hybridized carbons (Fsp3) is 0.778. The fourth-order valence-electron chi connectivity index (χ4n) is 1.22. The number of carboxylic acid groups (broad SMARTS) is 1. The quantitative estimate of drug-likeness (QED) is 0.615. The summed E-state index contributed by atoms with van der Waals surface area (Å²) in [4.78, 5) is 8.89. The molecule has 2 atom stereocenters. The van der Waals surface area contributed by atoms with E-state index in [-0.39, 0.29) is 33.8 Å². The Morgan fingerprint density at radius 1 is 1.54 bits per heavy atom. The summed E-state index contributed by atoms with van der Waals surface area (Å²) in [5, 5.41) is 17.9. The van der Waals surface area contributed by atoms with E-state index < -0.39 is 5.97 Å². The minimum Gasteiger partial charge on any atom is -0.550 e. The Kier molecular flexibility index (Phi) is 10.9. The monoisotopic (exact) mass is 374 g/mol. The van der Waals surface area contributed by atoms with E-state index in [2.05, 4.69) is 6.92 Å². The molecule has 4 heteroatoms. The van der Waals surface area contributed by atoms with Crippen molar-refractivity contribution < 1.29 is 42.7 Å². The second-order valence-corrected chi connectivity index (χ2v) is 3.16. The third-order valence-electron chi connectivity index (χ3n) is 1.71. The molecule has 0 heterocycles. The number of carboxylic acids is 1. The van der Waals surface area contributed by atoms with E-state index in [1.807, 2.05) is 6.42 Å². The first-order valence-electron chi connectivity index (χ1n) is 4.23. The second kappa shape index (κ2) is 8.94. The van der Waals surface area contributed by atoms with Crippen LogP contribution in [0.2, 0.25) is 0 Å². The maximum atomic E-state index is 9.02. The van der Waals surface area contributed by atoms with Gasteiger partial charge in [0, 0.05) is 5.97 Å². The minimum absolute atomic E-state index is 0. The Hall–Kier alpha value is 0.365. The molecule has 0 spiro atoms. The fourth-order valence-corrected chi connectivity index (χ4v) is 1.22. The van der Waals surface area contributed by atoms with Crippen molar-refractivity contribution in [2.24, 2.45) is 5.92 Å². The molecule has 0 bridgehead atoms. The van der Waals surface area contributed by atoms with Gasteiger partial charge in [0.25, 0.3) is 0 Å². The molecular formula is C9H16HgO3. The molecular weight excluding hydrogens is 357 g/mol. The van der Waals surface area contributed by atoms with E-state index >= 15 is 0 Å². The van der Waals surface area contributed by atoms with E-state index in [1.54, 1.807) is 0 Å². The summed E-state index contributed by atoms with van der Waals surface area (Å²) >= 11 is 0. The van der Waals surface area contributed by atoms with Gasteiger partial charge in [-0.25, -0.2) is 0 Å². The van der Waals surface area contributed by atoms with Gasteiger partial charge in [-0.2, -0.15) is 0 Å². The van der Waals surface area contributed by atoms with Crippen molar-refractivity contribution in [3.63, 3.8) is 0 Å². The molecule has 1 N–H and O–H groups in total. The summed E-state index contributed by atoms with van der Waals surface area (Å²) in [6.07, 6.45) is 5.35. The summed E-state index contributed by atoms with van der Waals surface area (Å²) in [6.45, 7) is 3.13. The molecule has 0 amide bonds. The number of aliphatic carboxylic acids is 1. The molecule has 0 aromatic carbocycles. The normalized spacial score (nSPS) is 26.4. The van der Waals surface area contributed by atoms with Gasteiger partial charge >= 0.3 is 27.7 Å². The molecule has 1 rings (SSSR count). The standard InChI is InChI=1S/C7H13O.C2H4O2.Hg/c1-6-3-2-4-7(8)5-6;1-2(3)4;/h5-8H,2-4H2,1H3;1H3,(H,3,4);/q;;+1/p-1/t6-,7+;;/m0../s1. The Labute approximate surface area is 100 Å². The van der Waals surface area contributed by atoms with E-state index in [4.69, 9.17) is 15.0 Å². The Morgan fingerprint density at radius 3 is 2.23 bits per heavy atom. The Balaban J connectivity index is 0. The van der Waals surface area contributed by atoms with Crippen LogP contribution in [0.15, 0.2) is 0 Å². The number of carbonyl (C=O) groups excluding carboxylic acids is 1. The largest absolute Gasteiger partial charge is 1.00 e. The minimum atomic E-state index is -1.08. The van der Waals surface area contributed by atoms with Crippen LogP contribution in [0.3, 0.4) is 0 Å². The van der Waals surface area contributed by atoms with Crippen LogP contribution < -0.4 is 5.11 Å². The van der Waals surface area contributed by atoms with Crippen LogP contribution in [0, 0.1) is 12.3 Å². The SMILES string of the molecule is CC(=O)[O-].C[C@@H]1[CH][C@H](O)CCC1.[Hg+]. The van der Waals surface area contributed by atoms with Gasteiger partial charge < -0.3 is 15.0 Å². The smallest absolute Gasteiger partial charge is 0.550 e. The number of hydrogen-bond donors (Lipinski definition) is 1. The van der Waals surface area contributed by atoms with E-state index in [0.29, 0.717) is 5.92 Å². The molecule has 1 fully saturated rings. The van der Waals surface area contributed by atoms with E-state index in [1.165, 1.54) is 12.8 Å². The molecule has 72 valence electrons. The van der Waals surface area contributed by atoms with Gasteiger partial charge in [0.05, 0.1) is 6.10 Å². The van der Waals surface area contributed by atoms with Crippen molar-refractivity contribution in [1.82, 2.24) is 0 Å². The maximum absolute atomic E-state index is 9.02. The molecule has 0 aromatic rings. The molecule has 0 aromatic heterocycles. The summed E-state index contributed by atoms with van der Waals surface area (Å²) in [6, 6.07) is 0. The number of hydrogen-bond acceptors (Lipinski definition) is 3. The van der Waals surface area contributed by atoms with Crippen molar-refractivity contribution in [2.75, 3.05) is 0 Å². The van der Waals surface area contributed by atoms with Crippen molar-refractivity contribution in [1.29, 1.82) is 0 Å². The van der Waals surface area contributed by atoms with Gasteiger partial charge in [0.15, 0.2) is 0 Å². The zero-order valence-electron chi connectivity index (χ0n) is 8.32. The summed E-state index contributed by atoms with van der Waals surface area (Å²) < 4.78 is 0. The van der Waals surface area contributed by atoms with E-state index in [9.17, 15) is 0 Å². The number of carbonyl (C=O) groups is 1. The predicted molar refractivity (Wildman–Crippen MR) is 44.0 cm³/mol. The third kappa shape index (κ3) is 12.4. The van der Waals surface area contributed by atoms with Crippen molar-refractivity contribution in [3.8, 4) is 0 Å². The molecule has 0 aliphatic heterocycles. The molecule has 1 aliphatic carbocycles. The summed E-state index contributed by atoms with van der Waals surface area (Å²) in [5.74, 6) is -0.446. The van der Waals surface area contributed by atoms with Gasteiger partial charge in [0.2, 0.25) is 0 Å². The van der Waals surface area contributed by atoms with Crippen LogP contribution in [-0.2, 0) is 32.5 Å². The first-order chi connectivity index (χ1) is 5.52. The van der Waals surface area contributed by atoms with Gasteiger partial charge in [0.1, 0.15) is 0 Å². The first-order valence-corrected chi connectivity index (χ1v) is 4.23. The number of rotatable bonds is 0. The predicted octanol–water partition coefficient (Wildman–Crippen LogP) is 0.125. The second-order valence-electron chi connectivity index (χ2n) is 3.16. The van der Waals surface area contributed by atoms with Crippen LogP contribution in [0.25, 0.3) is 0 Å². The zero-order valence-corrected chi connectivity index (χ0v) is 13.8. The number of aliphatic hydroxyl groups is 1. The average molecular weight is 373 g/mol. The van der Waals surface area contributed by atoms with Crippen LogP contribution in [0.4, 0.5) is 0 Å². The maximum Gasteiger partial charge on any atom is 1.00 e. The molecule has 13 heavy (non-hydrogen) atoms. The molecule has 0 unspecified atom stereocenters. The first kappa shape index (κ1) is 15.8. The summed E-state index contributed by atoms with van der Waals surface area (Å²) in [5.41, 5.74) is 0. The van der Waals surface area contributed by atoms with E-state index in [0.717, 1.165) is 13.3 Å². The Morgan fingerprint density at radius 2 is 2.00 bits per heavy atom. The van der Waals surface area contributed by atoms with Crippen molar-refractivity contribution in [2.45, 2.75) is 39.2 Å². The van der Waals surface area contributed by atoms with Crippen molar-refractivity contribution >= 4 is 5.97 Å².